The highest BCUT2D eigenvalue weighted by atomic mass is 16.2. The Morgan fingerprint density at radius 3 is 2.35 bits per heavy atom. The number of nitrogens with two attached hydrogens (primary N) is 1. The fourth-order valence-corrected chi connectivity index (χ4v) is 2.69. The van der Waals surface area contributed by atoms with E-state index in [9.17, 15) is 4.79 Å². The van der Waals surface area contributed by atoms with Crippen LogP contribution in [-0.2, 0) is 0 Å². The van der Waals surface area contributed by atoms with Crippen LogP contribution < -0.4 is 11.3 Å². The molecule has 20 heavy (non-hydrogen) atoms. The first-order chi connectivity index (χ1) is 9.81. The molecule has 106 valence electrons. The molecule has 3 N–H and O–H groups in total. The summed E-state index contributed by atoms with van der Waals surface area (Å²) in [5.74, 6) is 5.55. The molecule has 3 nitrogen and oxygen atoms in total. The van der Waals surface area contributed by atoms with Crippen LogP contribution in [0.1, 0.15) is 53.9 Å². The average Bonchev–Trinajstić information content (AvgIpc) is 2.52. The number of rotatable bonds is 2. The van der Waals surface area contributed by atoms with Crippen LogP contribution in [0.15, 0.2) is 48.5 Å². The zero-order valence-corrected chi connectivity index (χ0v) is 11.7. The summed E-state index contributed by atoms with van der Waals surface area (Å²) in [5, 5.41) is 0. The summed E-state index contributed by atoms with van der Waals surface area (Å²) < 4.78 is 0. The van der Waals surface area contributed by atoms with Crippen molar-refractivity contribution in [2.24, 2.45) is 5.84 Å². The Kier molecular flexibility index (Phi) is 5.56. The Balaban J connectivity index is 2.38. The highest BCUT2D eigenvalue weighted by Gasteiger charge is 2.14. The lowest BCUT2D eigenvalue weighted by atomic mass is 9.84. The largest absolute Gasteiger partial charge is 0.290 e. The van der Waals surface area contributed by atoms with Gasteiger partial charge >= 0.3 is 0 Å². The molecule has 1 aliphatic rings. The van der Waals surface area contributed by atoms with Crippen LogP contribution in [-0.4, -0.2) is 5.91 Å². The maximum atomic E-state index is 11.7. The topological polar surface area (TPSA) is 55.1 Å². The Morgan fingerprint density at radius 2 is 1.65 bits per heavy atom. The highest BCUT2D eigenvalue weighted by molar-refractivity contribution is 5.93. The third-order valence-corrected chi connectivity index (χ3v) is 3.82. The van der Waals surface area contributed by atoms with Gasteiger partial charge in [0.05, 0.1) is 0 Å². The summed E-state index contributed by atoms with van der Waals surface area (Å²) in [4.78, 5) is 11.7. The number of nitrogen functional groups attached to an aromatic ring is 1. The molecule has 0 heterocycles. The molecule has 1 aliphatic carbocycles. The molecule has 0 aliphatic heterocycles. The molecule has 0 bridgehead atoms. The van der Waals surface area contributed by atoms with Gasteiger partial charge in [-0.15, -0.1) is 0 Å². The molecule has 0 spiro atoms. The quantitative estimate of drug-likeness (QED) is 0.491. The Bertz CT molecular complexity index is 506. The number of hydrazine groups is 1. The molecule has 2 rings (SSSR count). The van der Waals surface area contributed by atoms with Crippen molar-refractivity contribution in [1.29, 1.82) is 0 Å². The molecule has 0 saturated heterocycles. The van der Waals surface area contributed by atoms with Crippen molar-refractivity contribution >= 4 is 5.91 Å². The summed E-state index contributed by atoms with van der Waals surface area (Å²) in [5.41, 5.74) is 4.05. The summed E-state index contributed by atoms with van der Waals surface area (Å²) in [6.45, 7) is 0. The lowest BCUT2D eigenvalue weighted by Crippen LogP contribution is -2.29. The number of carbonyl (C=O) groups is 1. The lowest BCUT2D eigenvalue weighted by molar-refractivity contribution is 0.0953. The molecule has 1 saturated carbocycles. The molecular formula is C17H22N2O. The Hall–Kier alpha value is -1.87. The standard InChI is InChI=1S/C17H22N2O/c18-19-17(20)16-11-5-2-1-4-10-15(12-13-16)14-8-6-3-7-9-14/h1-2,4-5,10-14H,3,6-9,18H2,(H,19,20). The molecule has 0 aromatic heterocycles. The van der Waals surface area contributed by atoms with Crippen molar-refractivity contribution in [3.63, 3.8) is 0 Å². The smallest absolute Gasteiger partial charge is 0.265 e. The normalized spacial score (nSPS) is 15.2. The van der Waals surface area contributed by atoms with E-state index in [2.05, 4.69) is 23.6 Å². The third-order valence-electron chi connectivity index (χ3n) is 3.82. The zero-order valence-electron chi connectivity index (χ0n) is 11.7. The van der Waals surface area contributed by atoms with E-state index < -0.39 is 0 Å². The van der Waals surface area contributed by atoms with Crippen molar-refractivity contribution in [2.45, 2.75) is 38.0 Å². The second-order valence-electron chi connectivity index (χ2n) is 5.20. The van der Waals surface area contributed by atoms with Crippen LogP contribution in [0.25, 0.3) is 0 Å². The highest BCUT2D eigenvalue weighted by Crippen LogP contribution is 2.31. The van der Waals surface area contributed by atoms with Crippen molar-refractivity contribution in [3.05, 3.63) is 59.7 Å². The van der Waals surface area contributed by atoms with Crippen molar-refractivity contribution in [2.75, 3.05) is 0 Å². The van der Waals surface area contributed by atoms with Gasteiger partial charge in [0.1, 0.15) is 0 Å². The predicted molar refractivity (Wildman–Crippen MR) is 81.5 cm³/mol. The van der Waals surface area contributed by atoms with Gasteiger partial charge in [-0.25, -0.2) is 5.84 Å². The van der Waals surface area contributed by atoms with Crippen LogP contribution in [0, 0.1) is 0 Å². The maximum Gasteiger partial charge on any atom is 0.265 e. The van der Waals surface area contributed by atoms with E-state index >= 15 is 0 Å². The molecule has 1 aromatic rings. The minimum Gasteiger partial charge on any atom is -0.290 e. The van der Waals surface area contributed by atoms with Crippen LogP contribution in [0.2, 0.25) is 0 Å². The predicted octanol–water partition coefficient (Wildman–Crippen LogP) is 3.46. The fourth-order valence-electron chi connectivity index (χ4n) is 2.69. The second-order valence-corrected chi connectivity index (χ2v) is 5.20. The van der Waals surface area contributed by atoms with Crippen molar-refractivity contribution in [3.8, 4) is 0 Å². The summed E-state index contributed by atoms with van der Waals surface area (Å²) in [6.07, 6.45) is 6.41. The minimum absolute atomic E-state index is 0.265. The van der Waals surface area contributed by atoms with E-state index in [0.29, 0.717) is 11.5 Å². The van der Waals surface area contributed by atoms with Crippen LogP contribution in [0.5, 0.6) is 0 Å². The minimum atomic E-state index is -0.265. The molecule has 0 unspecified atom stereocenters. The van der Waals surface area contributed by atoms with Crippen LogP contribution in [0.3, 0.4) is 0 Å². The second kappa shape index (κ2) is 7.65. The fraction of sp³-hybridized carbons (Fsp3) is 0.353. The summed E-state index contributed by atoms with van der Waals surface area (Å²) in [6, 6.07) is 15.6. The maximum absolute atomic E-state index is 11.7. The molecule has 3 heteroatoms. The van der Waals surface area contributed by atoms with Gasteiger partial charge in [0.2, 0.25) is 0 Å². The molecule has 0 radical (unpaired) electrons. The SMILES string of the molecule is NNC(=O)c1ccccccc(C2CCCCC2)cc1. The van der Waals surface area contributed by atoms with Crippen LogP contribution >= 0.6 is 0 Å². The lowest BCUT2D eigenvalue weighted by Gasteiger charge is -2.21. The van der Waals surface area contributed by atoms with Gasteiger partial charge in [-0.3, -0.25) is 10.2 Å². The van der Waals surface area contributed by atoms with E-state index in [1.165, 1.54) is 37.7 Å². The van der Waals surface area contributed by atoms with Crippen molar-refractivity contribution in [1.82, 2.24) is 5.43 Å². The van der Waals surface area contributed by atoms with E-state index in [1.807, 2.05) is 24.3 Å². The average molecular weight is 270 g/mol. The number of amides is 1. The molecule has 1 fully saturated rings. The molecule has 1 aromatic carbocycles. The van der Waals surface area contributed by atoms with Crippen LogP contribution in [0.4, 0.5) is 0 Å². The Morgan fingerprint density at radius 1 is 0.950 bits per heavy atom. The molecular weight excluding hydrogens is 248 g/mol. The number of carbonyl (C=O) groups excluding carboxylic acids is 1. The first-order valence-corrected chi connectivity index (χ1v) is 7.25. The molecule has 1 amide bonds. The summed E-state index contributed by atoms with van der Waals surface area (Å²) in [7, 11) is 0. The van der Waals surface area contributed by atoms with Crippen molar-refractivity contribution < 1.29 is 4.79 Å². The molecule has 0 atom stereocenters. The Labute approximate surface area is 120 Å². The van der Waals surface area contributed by atoms with Gasteiger partial charge in [0.15, 0.2) is 0 Å². The van der Waals surface area contributed by atoms with Gasteiger partial charge in [-0.05, 0) is 36.5 Å². The third kappa shape index (κ3) is 4.07. The monoisotopic (exact) mass is 270 g/mol. The number of hydrogen-bond acceptors (Lipinski definition) is 2. The first kappa shape index (κ1) is 14.5. The first-order valence-electron chi connectivity index (χ1n) is 7.25. The zero-order chi connectivity index (χ0) is 14.2. The number of nitrogens with one attached hydrogen (secondary N) is 1. The van der Waals surface area contributed by atoms with Gasteiger partial charge in [-0.1, -0.05) is 55.7 Å². The van der Waals surface area contributed by atoms with Gasteiger partial charge < -0.3 is 0 Å². The van der Waals surface area contributed by atoms with E-state index in [-0.39, 0.29) is 5.91 Å². The van der Waals surface area contributed by atoms with E-state index in [4.69, 9.17) is 5.84 Å². The van der Waals surface area contributed by atoms with Gasteiger partial charge in [-0.2, -0.15) is 0 Å². The van der Waals surface area contributed by atoms with Gasteiger partial charge in [0.25, 0.3) is 5.91 Å². The van der Waals surface area contributed by atoms with E-state index in [0.717, 1.165) is 0 Å². The van der Waals surface area contributed by atoms with E-state index in [1.54, 1.807) is 6.07 Å². The van der Waals surface area contributed by atoms with Gasteiger partial charge in [0, 0.05) is 5.56 Å². The number of hydrogen-bond donors (Lipinski definition) is 2. The summed E-state index contributed by atoms with van der Waals surface area (Å²) >= 11 is 0.